The summed E-state index contributed by atoms with van der Waals surface area (Å²) in [7, 11) is 0. The second-order valence-electron chi connectivity index (χ2n) is 5.20. The third-order valence-electron chi connectivity index (χ3n) is 2.46. The highest BCUT2D eigenvalue weighted by atomic mass is 16.6. The van der Waals surface area contributed by atoms with Crippen molar-refractivity contribution in [1.29, 1.82) is 0 Å². The summed E-state index contributed by atoms with van der Waals surface area (Å²) in [6, 6.07) is 7.38. The minimum absolute atomic E-state index is 0.0405. The number of rotatable bonds is 6. The Labute approximate surface area is 114 Å². The van der Waals surface area contributed by atoms with E-state index < -0.39 is 0 Å². The molecule has 1 aromatic carbocycles. The van der Waals surface area contributed by atoms with Gasteiger partial charge in [0.05, 0.1) is 11.0 Å². The number of nitro groups is 1. The number of hydrogen-bond donors (Lipinski definition) is 0. The molecule has 0 N–H and O–H groups in total. The molecule has 0 radical (unpaired) electrons. The van der Waals surface area contributed by atoms with Gasteiger partial charge in [0.1, 0.15) is 5.75 Å². The Kier molecular flexibility index (Phi) is 5.55. The molecule has 0 aliphatic heterocycles. The number of allylic oxidation sites excluding steroid dienone is 1. The molecular formula is C15H21NO3. The summed E-state index contributed by atoms with van der Waals surface area (Å²) < 4.78 is 5.66. The van der Waals surface area contributed by atoms with Gasteiger partial charge in [-0.15, -0.1) is 0 Å². The topological polar surface area (TPSA) is 52.4 Å². The molecule has 0 aromatic heterocycles. The summed E-state index contributed by atoms with van der Waals surface area (Å²) in [5, 5.41) is 11.1. The fraction of sp³-hybridized carbons (Fsp3) is 0.467. The first-order chi connectivity index (χ1) is 8.90. The van der Waals surface area contributed by atoms with E-state index >= 15 is 0 Å². The maximum Gasteiger partial charge on any atom is 0.247 e. The van der Waals surface area contributed by atoms with Gasteiger partial charge in [-0.05, 0) is 25.8 Å². The molecule has 0 amide bonds. The van der Waals surface area contributed by atoms with Crippen molar-refractivity contribution in [2.75, 3.05) is 0 Å². The van der Waals surface area contributed by atoms with Crippen molar-refractivity contribution in [2.24, 2.45) is 5.92 Å². The quantitative estimate of drug-likeness (QED) is 0.572. The van der Waals surface area contributed by atoms with Gasteiger partial charge in [0.25, 0.3) is 0 Å². The van der Waals surface area contributed by atoms with Crippen molar-refractivity contribution in [3.8, 4) is 5.75 Å². The predicted molar refractivity (Wildman–Crippen MR) is 76.6 cm³/mol. The average molecular weight is 263 g/mol. The molecule has 0 aliphatic carbocycles. The molecule has 4 heteroatoms. The van der Waals surface area contributed by atoms with Crippen molar-refractivity contribution >= 4 is 6.08 Å². The lowest BCUT2D eigenvalue weighted by atomic mass is 10.1. The zero-order valence-corrected chi connectivity index (χ0v) is 11.9. The molecule has 0 bridgehead atoms. The molecule has 1 rings (SSSR count). The lowest BCUT2D eigenvalue weighted by Crippen LogP contribution is -2.07. The lowest BCUT2D eigenvalue weighted by molar-refractivity contribution is -0.427. The van der Waals surface area contributed by atoms with E-state index in [1.807, 2.05) is 52.0 Å². The minimum atomic E-state index is -0.313. The van der Waals surface area contributed by atoms with Gasteiger partial charge >= 0.3 is 0 Å². The van der Waals surface area contributed by atoms with Crippen LogP contribution >= 0.6 is 0 Å². The first-order valence-corrected chi connectivity index (χ1v) is 6.50. The second-order valence-corrected chi connectivity index (χ2v) is 5.20. The summed E-state index contributed by atoms with van der Waals surface area (Å²) in [4.78, 5) is 10.8. The van der Waals surface area contributed by atoms with Gasteiger partial charge in [-0.1, -0.05) is 32.0 Å². The van der Waals surface area contributed by atoms with E-state index in [4.69, 9.17) is 4.74 Å². The van der Waals surface area contributed by atoms with Gasteiger partial charge in [-0.3, -0.25) is 10.1 Å². The van der Waals surface area contributed by atoms with Gasteiger partial charge < -0.3 is 4.74 Å². The highest BCUT2D eigenvalue weighted by Gasteiger charge is 2.14. The molecule has 4 nitrogen and oxygen atoms in total. The van der Waals surface area contributed by atoms with Gasteiger partial charge in [-0.2, -0.15) is 0 Å². The Hall–Kier alpha value is -1.84. The number of ether oxygens (including phenoxy) is 1. The lowest BCUT2D eigenvalue weighted by Gasteiger charge is -2.12. The van der Waals surface area contributed by atoms with Gasteiger partial charge in [0.15, 0.2) is 0 Å². The number of hydrogen-bond acceptors (Lipinski definition) is 3. The summed E-state index contributed by atoms with van der Waals surface area (Å²) >= 11 is 0. The molecule has 0 unspecified atom stereocenters. The van der Waals surface area contributed by atoms with E-state index in [9.17, 15) is 10.1 Å². The van der Waals surface area contributed by atoms with Crippen LogP contribution in [0.15, 0.2) is 30.0 Å². The first kappa shape index (κ1) is 15.2. The van der Waals surface area contributed by atoms with Crippen LogP contribution < -0.4 is 4.74 Å². The smallest absolute Gasteiger partial charge is 0.247 e. The van der Waals surface area contributed by atoms with Crippen molar-refractivity contribution in [2.45, 2.75) is 40.2 Å². The predicted octanol–water partition coefficient (Wildman–Crippen LogP) is 4.14. The number of para-hydroxylation sites is 1. The van der Waals surface area contributed by atoms with E-state index in [0.717, 1.165) is 5.56 Å². The molecule has 0 fully saturated rings. The van der Waals surface area contributed by atoms with Crippen LogP contribution in [0, 0.1) is 16.0 Å². The van der Waals surface area contributed by atoms with Crippen LogP contribution in [-0.4, -0.2) is 11.0 Å². The summed E-state index contributed by atoms with van der Waals surface area (Å²) in [6.45, 7) is 7.80. The van der Waals surface area contributed by atoms with Crippen LogP contribution in [0.4, 0.5) is 0 Å². The monoisotopic (exact) mass is 263 g/mol. The molecule has 0 heterocycles. The minimum Gasteiger partial charge on any atom is -0.490 e. The number of nitrogens with zero attached hydrogens (tertiary/aromatic N) is 1. The molecular weight excluding hydrogens is 242 g/mol. The van der Waals surface area contributed by atoms with Crippen LogP contribution in [0.3, 0.4) is 0 Å². The molecule has 0 saturated carbocycles. The Morgan fingerprint density at radius 1 is 1.32 bits per heavy atom. The van der Waals surface area contributed by atoms with E-state index in [-0.39, 0.29) is 22.6 Å². The highest BCUT2D eigenvalue weighted by molar-refractivity contribution is 5.58. The first-order valence-electron chi connectivity index (χ1n) is 6.50. The SMILES string of the molecule is CC(C)CC(=Cc1ccccc1OC(C)C)[N+](=O)[O-]. The molecule has 1 aromatic rings. The standard InChI is InChI=1S/C15H21NO3/c1-11(2)9-14(16(17)18)10-13-7-5-6-8-15(13)19-12(3)4/h5-8,10-12H,9H2,1-4H3. The van der Waals surface area contributed by atoms with Crippen LogP contribution in [0.2, 0.25) is 0 Å². The maximum atomic E-state index is 11.1. The van der Waals surface area contributed by atoms with E-state index in [1.165, 1.54) is 0 Å². The van der Waals surface area contributed by atoms with Crippen LogP contribution in [0.25, 0.3) is 6.08 Å². The Morgan fingerprint density at radius 2 is 1.95 bits per heavy atom. The molecule has 0 aliphatic rings. The van der Waals surface area contributed by atoms with Gasteiger partial charge in [0, 0.05) is 18.1 Å². The largest absolute Gasteiger partial charge is 0.490 e. The maximum absolute atomic E-state index is 11.1. The van der Waals surface area contributed by atoms with Crippen LogP contribution in [0.1, 0.15) is 39.7 Å². The molecule has 0 saturated heterocycles. The van der Waals surface area contributed by atoms with Crippen LogP contribution in [-0.2, 0) is 0 Å². The molecule has 0 atom stereocenters. The van der Waals surface area contributed by atoms with Crippen LogP contribution in [0.5, 0.6) is 5.75 Å². The molecule has 19 heavy (non-hydrogen) atoms. The third kappa shape index (κ3) is 5.12. The normalized spacial score (nSPS) is 12.0. The summed E-state index contributed by atoms with van der Waals surface area (Å²) in [6.07, 6.45) is 2.10. The van der Waals surface area contributed by atoms with Crippen molar-refractivity contribution in [3.63, 3.8) is 0 Å². The van der Waals surface area contributed by atoms with Gasteiger partial charge in [0.2, 0.25) is 5.70 Å². The van der Waals surface area contributed by atoms with Crippen molar-refractivity contribution in [3.05, 3.63) is 45.6 Å². The zero-order chi connectivity index (χ0) is 14.4. The number of benzene rings is 1. The average Bonchev–Trinajstić information content (AvgIpc) is 2.29. The Morgan fingerprint density at radius 3 is 2.47 bits per heavy atom. The van der Waals surface area contributed by atoms with Crippen molar-refractivity contribution < 1.29 is 9.66 Å². The van der Waals surface area contributed by atoms with Crippen molar-refractivity contribution in [1.82, 2.24) is 0 Å². The molecule has 104 valence electrons. The summed E-state index contributed by atoms with van der Waals surface area (Å²) in [5.74, 6) is 0.926. The third-order valence-corrected chi connectivity index (χ3v) is 2.46. The van der Waals surface area contributed by atoms with E-state index in [2.05, 4.69) is 0 Å². The fourth-order valence-electron chi connectivity index (χ4n) is 1.74. The summed E-state index contributed by atoms with van der Waals surface area (Å²) in [5.41, 5.74) is 0.971. The second kappa shape index (κ2) is 6.92. The molecule has 0 spiro atoms. The zero-order valence-electron chi connectivity index (χ0n) is 11.9. The van der Waals surface area contributed by atoms with Gasteiger partial charge in [-0.25, -0.2) is 0 Å². The van der Waals surface area contributed by atoms with E-state index in [0.29, 0.717) is 12.2 Å². The van der Waals surface area contributed by atoms with E-state index in [1.54, 1.807) is 6.08 Å². The Balaban J connectivity index is 3.09. The fourth-order valence-corrected chi connectivity index (χ4v) is 1.74. The highest BCUT2D eigenvalue weighted by Crippen LogP contribution is 2.24. The Bertz CT molecular complexity index is 464.